The van der Waals surface area contributed by atoms with E-state index in [9.17, 15) is 0 Å². The van der Waals surface area contributed by atoms with Gasteiger partial charge in [-0.25, -0.2) is 0 Å². The Morgan fingerprint density at radius 2 is 1.76 bits per heavy atom. The van der Waals surface area contributed by atoms with Crippen LogP contribution in [0.5, 0.6) is 0 Å². The lowest BCUT2D eigenvalue weighted by Crippen LogP contribution is -1.77. The molecule has 0 saturated carbocycles. The summed E-state index contributed by atoms with van der Waals surface area (Å²) in [5.41, 5.74) is 2.54. The Morgan fingerprint density at radius 1 is 1.00 bits per heavy atom. The van der Waals surface area contributed by atoms with Crippen molar-refractivity contribution >= 4 is 27.5 Å². The van der Waals surface area contributed by atoms with Gasteiger partial charge in [0.25, 0.3) is 0 Å². The Kier molecular flexibility index (Phi) is 4.14. The second kappa shape index (κ2) is 6.39. The van der Waals surface area contributed by atoms with Gasteiger partial charge in [0.1, 0.15) is 0 Å². The summed E-state index contributed by atoms with van der Waals surface area (Å²) in [6.45, 7) is 0. The van der Waals surface area contributed by atoms with Crippen molar-refractivity contribution in [2.75, 3.05) is 0 Å². The van der Waals surface area contributed by atoms with Gasteiger partial charge in [-0.1, -0.05) is 54.6 Å². The molecular weight excluding hydrogens is 274 g/mol. The molecule has 21 heavy (non-hydrogen) atoms. The van der Waals surface area contributed by atoms with E-state index in [0.29, 0.717) is 6.42 Å². The van der Waals surface area contributed by atoms with Gasteiger partial charge in [0.05, 0.1) is 6.07 Å². The summed E-state index contributed by atoms with van der Waals surface area (Å²) in [6.07, 6.45) is 5.63. The molecule has 0 bridgehead atoms. The molecule has 0 amide bonds. The minimum absolute atomic E-state index is 0.571. The number of allylic oxidation sites excluding steroid dienone is 1. The molecule has 0 radical (unpaired) electrons. The minimum atomic E-state index is 0.571. The first-order valence-corrected chi connectivity index (χ1v) is 7.82. The molecule has 0 unspecified atom stereocenters. The van der Waals surface area contributed by atoms with E-state index >= 15 is 0 Å². The Hall–Kier alpha value is -2.37. The monoisotopic (exact) mass is 289 g/mol. The van der Waals surface area contributed by atoms with Crippen LogP contribution in [0.2, 0.25) is 0 Å². The SMILES string of the molecule is N#CCCC=Cc1sc2ccccc2c1-c1ccccc1. The highest BCUT2D eigenvalue weighted by Crippen LogP contribution is 2.39. The molecule has 3 rings (SSSR count). The first kappa shape index (κ1) is 13.6. The van der Waals surface area contributed by atoms with Crippen LogP contribution in [0.1, 0.15) is 17.7 Å². The third kappa shape index (κ3) is 2.89. The lowest BCUT2D eigenvalue weighted by molar-refractivity contribution is 1.07. The fourth-order valence-electron chi connectivity index (χ4n) is 2.42. The largest absolute Gasteiger partial charge is 0.198 e. The van der Waals surface area contributed by atoms with Crippen molar-refractivity contribution in [2.24, 2.45) is 0 Å². The van der Waals surface area contributed by atoms with E-state index in [1.807, 2.05) is 17.4 Å². The number of nitrogens with zero attached hydrogens (tertiary/aromatic N) is 1. The quantitative estimate of drug-likeness (QED) is 0.550. The first-order chi connectivity index (χ1) is 10.4. The van der Waals surface area contributed by atoms with Crippen LogP contribution in [0, 0.1) is 11.3 Å². The van der Waals surface area contributed by atoms with E-state index in [-0.39, 0.29) is 0 Å². The zero-order valence-electron chi connectivity index (χ0n) is 11.6. The van der Waals surface area contributed by atoms with Crippen LogP contribution in [-0.4, -0.2) is 0 Å². The third-order valence-corrected chi connectivity index (χ3v) is 4.51. The van der Waals surface area contributed by atoms with Crippen LogP contribution in [0.4, 0.5) is 0 Å². The van der Waals surface area contributed by atoms with E-state index in [1.54, 1.807) is 0 Å². The maximum Gasteiger partial charge on any atom is 0.0625 e. The smallest absolute Gasteiger partial charge is 0.0625 e. The lowest BCUT2D eigenvalue weighted by Gasteiger charge is -2.02. The maximum atomic E-state index is 8.63. The van der Waals surface area contributed by atoms with Crippen LogP contribution < -0.4 is 0 Å². The van der Waals surface area contributed by atoms with Crippen molar-refractivity contribution in [3.05, 3.63) is 65.6 Å². The molecule has 1 aromatic heterocycles. The summed E-state index contributed by atoms with van der Waals surface area (Å²) >= 11 is 1.81. The van der Waals surface area contributed by atoms with E-state index in [4.69, 9.17) is 5.26 Å². The van der Waals surface area contributed by atoms with Crippen molar-refractivity contribution < 1.29 is 0 Å². The maximum absolute atomic E-state index is 8.63. The molecule has 0 N–H and O–H groups in total. The van der Waals surface area contributed by atoms with Crippen LogP contribution >= 0.6 is 11.3 Å². The number of thiophene rings is 1. The number of rotatable bonds is 4. The summed E-state index contributed by atoms with van der Waals surface area (Å²) in [7, 11) is 0. The van der Waals surface area contributed by atoms with Crippen LogP contribution in [0.15, 0.2) is 60.7 Å². The summed E-state index contributed by atoms with van der Waals surface area (Å²) < 4.78 is 1.30. The van der Waals surface area contributed by atoms with Crippen molar-refractivity contribution in [3.63, 3.8) is 0 Å². The molecular formula is C19H15NS. The Morgan fingerprint density at radius 3 is 2.57 bits per heavy atom. The Bertz CT molecular complexity index is 806. The topological polar surface area (TPSA) is 23.8 Å². The Balaban J connectivity index is 2.11. The minimum Gasteiger partial charge on any atom is -0.198 e. The summed E-state index contributed by atoms with van der Waals surface area (Å²) in [5, 5.41) is 9.93. The zero-order valence-corrected chi connectivity index (χ0v) is 12.4. The number of fused-ring (bicyclic) bond motifs is 1. The van der Waals surface area contributed by atoms with Gasteiger partial charge in [-0.3, -0.25) is 0 Å². The lowest BCUT2D eigenvalue weighted by atomic mass is 10.0. The highest BCUT2D eigenvalue weighted by atomic mass is 32.1. The highest BCUT2D eigenvalue weighted by Gasteiger charge is 2.11. The van der Waals surface area contributed by atoms with Crippen molar-refractivity contribution in [1.82, 2.24) is 0 Å². The average molecular weight is 289 g/mol. The van der Waals surface area contributed by atoms with E-state index in [0.717, 1.165) is 6.42 Å². The molecule has 2 heteroatoms. The molecule has 2 aromatic carbocycles. The number of hydrogen-bond acceptors (Lipinski definition) is 2. The van der Waals surface area contributed by atoms with Gasteiger partial charge < -0.3 is 0 Å². The Labute approximate surface area is 128 Å². The predicted octanol–water partition coefficient (Wildman–Crippen LogP) is 5.89. The third-order valence-electron chi connectivity index (χ3n) is 3.38. The van der Waals surface area contributed by atoms with Crippen LogP contribution in [0.3, 0.4) is 0 Å². The second-order valence-corrected chi connectivity index (χ2v) is 5.89. The zero-order chi connectivity index (χ0) is 14.5. The molecule has 1 heterocycles. The van der Waals surface area contributed by atoms with Gasteiger partial charge in [0.15, 0.2) is 0 Å². The molecule has 0 aliphatic rings. The van der Waals surface area contributed by atoms with Crippen molar-refractivity contribution in [1.29, 1.82) is 5.26 Å². The standard InChI is InChI=1S/C19H15NS/c20-14-8-2-5-13-18-19(15-9-3-1-4-10-15)16-11-6-7-12-17(16)21-18/h1,3-7,9-13H,2,8H2. The van der Waals surface area contributed by atoms with Crippen LogP contribution in [0.25, 0.3) is 27.3 Å². The molecule has 102 valence electrons. The number of benzene rings is 2. The van der Waals surface area contributed by atoms with Gasteiger partial charge in [-0.2, -0.15) is 5.26 Å². The van der Waals surface area contributed by atoms with Gasteiger partial charge in [0.2, 0.25) is 0 Å². The fourth-order valence-corrected chi connectivity index (χ4v) is 3.58. The number of hydrogen-bond donors (Lipinski definition) is 0. The molecule has 0 aliphatic carbocycles. The summed E-state index contributed by atoms with van der Waals surface area (Å²) in [6, 6.07) is 21.2. The van der Waals surface area contributed by atoms with E-state index in [1.165, 1.54) is 26.1 Å². The molecule has 1 nitrogen and oxygen atoms in total. The highest BCUT2D eigenvalue weighted by molar-refractivity contribution is 7.20. The summed E-state index contributed by atoms with van der Waals surface area (Å²) in [4.78, 5) is 1.26. The van der Waals surface area contributed by atoms with E-state index in [2.05, 4.69) is 66.8 Å². The molecule has 0 fully saturated rings. The predicted molar refractivity (Wildman–Crippen MR) is 91.1 cm³/mol. The molecule has 0 aliphatic heterocycles. The van der Waals surface area contributed by atoms with Crippen molar-refractivity contribution in [2.45, 2.75) is 12.8 Å². The number of nitriles is 1. The normalized spacial score (nSPS) is 11.0. The van der Waals surface area contributed by atoms with Gasteiger partial charge in [-0.05, 0) is 24.1 Å². The second-order valence-electron chi connectivity index (χ2n) is 4.80. The van der Waals surface area contributed by atoms with Crippen molar-refractivity contribution in [3.8, 4) is 17.2 Å². The van der Waals surface area contributed by atoms with Gasteiger partial charge in [-0.15, -0.1) is 11.3 Å². The van der Waals surface area contributed by atoms with Crippen LogP contribution in [-0.2, 0) is 0 Å². The first-order valence-electron chi connectivity index (χ1n) is 7.00. The molecule has 0 saturated heterocycles. The van der Waals surface area contributed by atoms with Gasteiger partial charge >= 0.3 is 0 Å². The molecule has 3 aromatic rings. The fraction of sp³-hybridized carbons (Fsp3) is 0.105. The average Bonchev–Trinajstić information content (AvgIpc) is 2.90. The van der Waals surface area contributed by atoms with E-state index < -0.39 is 0 Å². The molecule has 0 atom stereocenters. The van der Waals surface area contributed by atoms with Gasteiger partial charge in [0, 0.05) is 26.9 Å². The number of unbranched alkanes of at least 4 members (excludes halogenated alkanes) is 1. The molecule has 0 spiro atoms. The summed E-state index contributed by atoms with van der Waals surface area (Å²) in [5.74, 6) is 0.